The predicted octanol–water partition coefficient (Wildman–Crippen LogP) is 1.70. The zero-order valence-corrected chi connectivity index (χ0v) is 12.4. The molecular weight excluding hydrogens is 280 g/mol. The highest BCUT2D eigenvalue weighted by molar-refractivity contribution is 7.20. The van der Waals surface area contributed by atoms with Crippen LogP contribution in [0.25, 0.3) is 10.2 Å². The van der Waals surface area contributed by atoms with Gasteiger partial charge in [0.1, 0.15) is 9.71 Å². The summed E-state index contributed by atoms with van der Waals surface area (Å²) >= 11 is 1.12. The maximum Gasteiger partial charge on any atom is 0.348 e. The minimum atomic E-state index is -0.583. The fourth-order valence-corrected chi connectivity index (χ4v) is 2.95. The van der Waals surface area contributed by atoms with Crippen LogP contribution >= 0.6 is 11.3 Å². The average Bonchev–Trinajstić information content (AvgIpc) is 2.75. The van der Waals surface area contributed by atoms with Crippen molar-refractivity contribution in [1.82, 2.24) is 9.55 Å². The van der Waals surface area contributed by atoms with Crippen molar-refractivity contribution in [3.63, 3.8) is 0 Å². The number of Topliss-reactive ketones (excluding diaryl/α,β-unsaturated/α-hetero) is 1. The lowest BCUT2D eigenvalue weighted by Crippen LogP contribution is -2.27. The van der Waals surface area contributed by atoms with Crippen LogP contribution in [0.2, 0.25) is 0 Å². The second-order valence-corrected chi connectivity index (χ2v) is 5.47. The molecule has 2 rings (SSSR count). The smallest absolute Gasteiger partial charge is 0.348 e. The Labute approximate surface area is 119 Å². The molecule has 20 heavy (non-hydrogen) atoms. The van der Waals surface area contributed by atoms with Crippen LogP contribution in [0.3, 0.4) is 0 Å². The minimum Gasteiger partial charge on any atom is -0.465 e. The van der Waals surface area contributed by atoms with Crippen LogP contribution in [0.5, 0.6) is 0 Å². The highest BCUT2D eigenvalue weighted by atomic mass is 32.1. The quantitative estimate of drug-likeness (QED) is 0.805. The van der Waals surface area contributed by atoms with Gasteiger partial charge in [-0.15, -0.1) is 11.3 Å². The van der Waals surface area contributed by atoms with Crippen LogP contribution < -0.4 is 5.56 Å². The summed E-state index contributed by atoms with van der Waals surface area (Å²) in [4.78, 5) is 40.5. The van der Waals surface area contributed by atoms with E-state index in [0.717, 1.165) is 11.3 Å². The number of aryl methyl sites for hydroxylation is 1. The molecule has 0 amide bonds. The van der Waals surface area contributed by atoms with Crippen molar-refractivity contribution in [3.8, 4) is 0 Å². The Kier molecular flexibility index (Phi) is 3.71. The third-order valence-electron chi connectivity index (χ3n) is 3.25. The molecule has 0 aliphatic carbocycles. The standard InChI is InChI=1S/C13H14N2O4S/c1-6-9-11(20-10(6)13(18)19-4)14-5-15(12(9)17)7(2)8(3)16/h5,7H,1-4H3/t7-/m1/s1. The Morgan fingerprint density at radius 1 is 1.45 bits per heavy atom. The summed E-state index contributed by atoms with van der Waals surface area (Å²) in [5.41, 5.74) is 0.223. The molecule has 0 aromatic carbocycles. The Morgan fingerprint density at radius 3 is 2.65 bits per heavy atom. The zero-order valence-electron chi connectivity index (χ0n) is 11.6. The number of methoxy groups -OCH3 is 1. The summed E-state index contributed by atoms with van der Waals surface area (Å²) < 4.78 is 5.97. The Bertz CT molecular complexity index is 760. The molecule has 0 saturated carbocycles. The lowest BCUT2D eigenvalue weighted by Gasteiger charge is -2.10. The first-order chi connectivity index (χ1) is 9.38. The SMILES string of the molecule is COC(=O)c1sc2ncn([C@H](C)C(C)=O)c(=O)c2c1C. The van der Waals surface area contributed by atoms with Gasteiger partial charge in [-0.2, -0.15) is 0 Å². The lowest BCUT2D eigenvalue weighted by molar-refractivity contribution is -0.119. The molecule has 0 unspecified atom stereocenters. The van der Waals surface area contributed by atoms with Gasteiger partial charge in [0.05, 0.1) is 24.9 Å². The molecule has 106 valence electrons. The van der Waals surface area contributed by atoms with Crippen molar-refractivity contribution >= 4 is 33.3 Å². The molecule has 1 atom stereocenters. The molecule has 2 aromatic heterocycles. The number of hydrogen-bond donors (Lipinski definition) is 0. The van der Waals surface area contributed by atoms with Crippen LogP contribution in [0.4, 0.5) is 0 Å². The molecule has 0 saturated heterocycles. The summed E-state index contributed by atoms with van der Waals surface area (Å²) in [5, 5.41) is 0.367. The molecule has 7 heteroatoms. The van der Waals surface area contributed by atoms with Gasteiger partial charge < -0.3 is 4.74 Å². The monoisotopic (exact) mass is 294 g/mol. The zero-order chi connectivity index (χ0) is 15.0. The molecule has 0 N–H and O–H groups in total. The summed E-state index contributed by atoms with van der Waals surface area (Å²) in [6, 6.07) is -0.583. The molecule has 2 heterocycles. The number of hydrogen-bond acceptors (Lipinski definition) is 6. The van der Waals surface area contributed by atoms with Crippen molar-refractivity contribution in [1.29, 1.82) is 0 Å². The third-order valence-corrected chi connectivity index (χ3v) is 4.43. The van der Waals surface area contributed by atoms with E-state index < -0.39 is 12.0 Å². The topological polar surface area (TPSA) is 78.3 Å². The molecule has 6 nitrogen and oxygen atoms in total. The first-order valence-electron chi connectivity index (χ1n) is 5.97. The molecule has 0 aliphatic rings. The van der Waals surface area contributed by atoms with E-state index >= 15 is 0 Å². The predicted molar refractivity (Wildman–Crippen MR) is 75.3 cm³/mol. The van der Waals surface area contributed by atoms with Crippen molar-refractivity contribution in [2.75, 3.05) is 7.11 Å². The van der Waals surface area contributed by atoms with E-state index in [1.165, 1.54) is 24.9 Å². The van der Waals surface area contributed by atoms with Gasteiger partial charge >= 0.3 is 5.97 Å². The normalized spacial score (nSPS) is 12.4. The number of rotatable bonds is 3. The molecule has 0 fully saturated rings. The Balaban J connectivity index is 2.74. The Morgan fingerprint density at radius 2 is 2.10 bits per heavy atom. The number of ketones is 1. The molecule has 0 spiro atoms. The number of ether oxygens (including phenoxy) is 1. The van der Waals surface area contributed by atoms with Crippen LogP contribution in [0.15, 0.2) is 11.1 Å². The lowest BCUT2D eigenvalue weighted by atomic mass is 10.2. The van der Waals surface area contributed by atoms with E-state index in [9.17, 15) is 14.4 Å². The van der Waals surface area contributed by atoms with Gasteiger partial charge in [-0.25, -0.2) is 9.78 Å². The Hall–Kier alpha value is -2.02. The fourth-order valence-electron chi connectivity index (χ4n) is 1.90. The maximum atomic E-state index is 12.4. The van der Waals surface area contributed by atoms with Crippen molar-refractivity contribution < 1.29 is 14.3 Å². The molecule has 0 aliphatic heterocycles. The van der Waals surface area contributed by atoms with Gasteiger partial charge in [-0.05, 0) is 26.3 Å². The van der Waals surface area contributed by atoms with E-state index in [0.29, 0.717) is 20.7 Å². The summed E-state index contributed by atoms with van der Waals surface area (Å²) in [6.07, 6.45) is 1.34. The largest absolute Gasteiger partial charge is 0.465 e. The van der Waals surface area contributed by atoms with Gasteiger partial charge in [0.15, 0.2) is 5.78 Å². The van der Waals surface area contributed by atoms with E-state index in [1.807, 2.05) is 0 Å². The van der Waals surface area contributed by atoms with Crippen LogP contribution in [-0.2, 0) is 9.53 Å². The summed E-state index contributed by atoms with van der Waals surface area (Å²) in [6.45, 7) is 4.73. The van der Waals surface area contributed by atoms with Gasteiger partial charge in [0.25, 0.3) is 5.56 Å². The van der Waals surface area contributed by atoms with Gasteiger partial charge in [-0.1, -0.05) is 0 Å². The van der Waals surface area contributed by atoms with Crippen LogP contribution in [0, 0.1) is 6.92 Å². The average molecular weight is 294 g/mol. The van der Waals surface area contributed by atoms with Crippen molar-refractivity contribution in [2.24, 2.45) is 0 Å². The van der Waals surface area contributed by atoms with Gasteiger partial charge in [-0.3, -0.25) is 14.2 Å². The number of nitrogens with zero attached hydrogens (tertiary/aromatic N) is 2. The summed E-state index contributed by atoms with van der Waals surface area (Å²) in [7, 11) is 1.29. The first kappa shape index (κ1) is 14.4. The molecule has 2 aromatic rings. The van der Waals surface area contributed by atoms with Crippen molar-refractivity contribution in [2.45, 2.75) is 26.8 Å². The first-order valence-corrected chi connectivity index (χ1v) is 6.79. The van der Waals surface area contributed by atoms with E-state index in [-0.39, 0.29) is 11.3 Å². The second-order valence-electron chi connectivity index (χ2n) is 4.47. The number of carbonyl (C=O) groups excluding carboxylic acids is 2. The van der Waals surface area contributed by atoms with Crippen LogP contribution in [0.1, 0.15) is 35.1 Å². The molecule has 0 radical (unpaired) electrons. The number of fused-ring (bicyclic) bond motifs is 1. The van der Waals surface area contributed by atoms with Gasteiger partial charge in [0.2, 0.25) is 0 Å². The van der Waals surface area contributed by atoms with Crippen LogP contribution in [-0.4, -0.2) is 28.4 Å². The molecule has 0 bridgehead atoms. The number of carbonyl (C=O) groups is 2. The van der Waals surface area contributed by atoms with Gasteiger partial charge in [0, 0.05) is 0 Å². The minimum absolute atomic E-state index is 0.130. The highest BCUT2D eigenvalue weighted by Crippen LogP contribution is 2.27. The highest BCUT2D eigenvalue weighted by Gasteiger charge is 2.21. The maximum absolute atomic E-state index is 12.4. The number of aromatic nitrogens is 2. The van der Waals surface area contributed by atoms with E-state index in [4.69, 9.17) is 0 Å². The second kappa shape index (κ2) is 5.16. The fraction of sp³-hybridized carbons (Fsp3) is 0.385. The third kappa shape index (κ3) is 2.14. The number of thiophene rings is 1. The molecular formula is C13H14N2O4S. The summed E-state index contributed by atoms with van der Waals surface area (Å²) in [5.74, 6) is -0.620. The van der Waals surface area contributed by atoms with Crippen molar-refractivity contribution in [3.05, 3.63) is 27.1 Å². The van der Waals surface area contributed by atoms with E-state index in [2.05, 4.69) is 9.72 Å². The number of esters is 1. The van der Waals surface area contributed by atoms with E-state index in [1.54, 1.807) is 13.8 Å².